The van der Waals surface area contributed by atoms with Crippen LogP contribution in [0.1, 0.15) is 11.4 Å². The van der Waals surface area contributed by atoms with Crippen molar-refractivity contribution in [3.05, 3.63) is 29.9 Å². The third kappa shape index (κ3) is 1.66. The van der Waals surface area contributed by atoms with E-state index in [9.17, 15) is 0 Å². The molecule has 0 spiro atoms. The van der Waals surface area contributed by atoms with E-state index in [-0.39, 0.29) is 0 Å². The van der Waals surface area contributed by atoms with Gasteiger partial charge in [-0.2, -0.15) is 0 Å². The van der Waals surface area contributed by atoms with Gasteiger partial charge >= 0.3 is 0 Å². The molecule has 0 radical (unpaired) electrons. The molecule has 0 amide bonds. The van der Waals surface area contributed by atoms with Gasteiger partial charge in [0.05, 0.1) is 6.20 Å². The van der Waals surface area contributed by atoms with E-state index in [1.165, 1.54) is 5.12 Å². The lowest BCUT2D eigenvalue weighted by Gasteiger charge is -2.17. The summed E-state index contributed by atoms with van der Waals surface area (Å²) in [5.74, 6) is 6.07. The van der Waals surface area contributed by atoms with Crippen LogP contribution in [0.4, 0.5) is 5.95 Å². The first-order chi connectivity index (χ1) is 6.65. The molecule has 0 unspecified atom stereocenters. The molecule has 0 bridgehead atoms. The predicted octanol–water partition coefficient (Wildman–Crippen LogP) is -0.0201. The fourth-order valence-corrected chi connectivity index (χ4v) is 1.26. The molecule has 74 valence electrons. The largest absolute Gasteiger partial charge is 0.246 e. The van der Waals surface area contributed by atoms with Gasteiger partial charge in [-0.25, -0.2) is 25.9 Å². The molecule has 0 fully saturated rings. The summed E-state index contributed by atoms with van der Waals surface area (Å²) in [7, 11) is 0. The van der Waals surface area contributed by atoms with Gasteiger partial charge in [0.15, 0.2) is 0 Å². The smallest absolute Gasteiger partial charge is 0.232 e. The van der Waals surface area contributed by atoms with E-state index in [0.29, 0.717) is 5.95 Å². The molecule has 0 aliphatic carbocycles. The first-order valence-corrected chi connectivity index (χ1v) is 4.25. The highest BCUT2D eigenvalue weighted by atomic mass is 15.9. The van der Waals surface area contributed by atoms with Crippen LogP contribution in [0, 0.1) is 13.8 Å². The van der Waals surface area contributed by atoms with E-state index >= 15 is 0 Å². The third-order valence-electron chi connectivity index (χ3n) is 1.79. The lowest BCUT2D eigenvalue weighted by Crippen LogP contribution is -2.43. The molecule has 6 nitrogen and oxygen atoms in total. The van der Waals surface area contributed by atoms with Crippen molar-refractivity contribution in [3.63, 3.8) is 0 Å². The molecule has 2 heterocycles. The summed E-state index contributed by atoms with van der Waals surface area (Å²) in [6, 6.07) is 1.92. The highest BCUT2D eigenvalue weighted by Crippen LogP contribution is 2.10. The van der Waals surface area contributed by atoms with Crippen molar-refractivity contribution in [2.75, 3.05) is 5.01 Å². The molecule has 3 N–H and O–H groups in total. The molecule has 1 aliphatic heterocycles. The number of hydrazine groups is 3. The fraction of sp³-hybridized carbons (Fsp3) is 0.250. The normalized spacial score (nSPS) is 15.4. The lowest BCUT2D eigenvalue weighted by molar-refractivity contribution is 0.304. The summed E-state index contributed by atoms with van der Waals surface area (Å²) in [6.45, 7) is 3.86. The van der Waals surface area contributed by atoms with Gasteiger partial charge in [0.25, 0.3) is 0 Å². The standard InChI is InChI=1S/C8H12N6/c1-6-5-7(2)11-8(10-6)13-3-4-14(9)12-13/h3-5,12H,9H2,1-2H3. The number of anilines is 1. The summed E-state index contributed by atoms with van der Waals surface area (Å²) >= 11 is 0. The predicted molar refractivity (Wildman–Crippen MR) is 52.3 cm³/mol. The van der Waals surface area contributed by atoms with Crippen LogP contribution in [-0.4, -0.2) is 15.1 Å². The van der Waals surface area contributed by atoms with Gasteiger partial charge in [0.1, 0.15) is 0 Å². The molecular weight excluding hydrogens is 180 g/mol. The van der Waals surface area contributed by atoms with Crippen LogP contribution in [0.15, 0.2) is 18.5 Å². The van der Waals surface area contributed by atoms with Gasteiger partial charge in [-0.15, -0.1) is 5.53 Å². The number of nitrogens with two attached hydrogens (primary N) is 1. The molecule has 0 saturated heterocycles. The molecule has 0 atom stereocenters. The zero-order valence-electron chi connectivity index (χ0n) is 8.10. The van der Waals surface area contributed by atoms with Crippen LogP contribution >= 0.6 is 0 Å². The van der Waals surface area contributed by atoms with E-state index in [1.807, 2.05) is 19.9 Å². The third-order valence-corrected chi connectivity index (χ3v) is 1.79. The molecule has 1 aliphatic rings. The van der Waals surface area contributed by atoms with Crippen molar-refractivity contribution in [3.8, 4) is 0 Å². The van der Waals surface area contributed by atoms with Crippen LogP contribution in [0.2, 0.25) is 0 Å². The zero-order valence-corrected chi connectivity index (χ0v) is 8.10. The molecule has 14 heavy (non-hydrogen) atoms. The minimum absolute atomic E-state index is 0.590. The molecule has 0 saturated carbocycles. The van der Waals surface area contributed by atoms with Crippen molar-refractivity contribution in [2.24, 2.45) is 5.84 Å². The van der Waals surface area contributed by atoms with Crippen molar-refractivity contribution in [1.82, 2.24) is 20.6 Å². The second-order valence-corrected chi connectivity index (χ2v) is 3.13. The van der Waals surface area contributed by atoms with Crippen molar-refractivity contribution in [1.29, 1.82) is 0 Å². The molecule has 1 aromatic rings. The van der Waals surface area contributed by atoms with E-state index in [0.717, 1.165) is 11.4 Å². The quantitative estimate of drug-likeness (QED) is 0.609. The molecular formula is C8H12N6. The maximum Gasteiger partial charge on any atom is 0.246 e. The Morgan fingerprint density at radius 3 is 2.36 bits per heavy atom. The van der Waals surface area contributed by atoms with Crippen LogP contribution in [0.5, 0.6) is 0 Å². The summed E-state index contributed by atoms with van der Waals surface area (Å²) in [4.78, 5) is 8.54. The summed E-state index contributed by atoms with van der Waals surface area (Å²) in [5, 5.41) is 2.99. The van der Waals surface area contributed by atoms with E-state index in [1.54, 1.807) is 17.4 Å². The number of aromatic nitrogens is 2. The molecule has 1 aromatic heterocycles. The monoisotopic (exact) mass is 192 g/mol. The maximum atomic E-state index is 5.48. The van der Waals surface area contributed by atoms with Gasteiger partial charge in [-0.1, -0.05) is 0 Å². The fourth-order valence-electron chi connectivity index (χ4n) is 1.26. The van der Waals surface area contributed by atoms with E-state index in [2.05, 4.69) is 15.5 Å². The van der Waals surface area contributed by atoms with Gasteiger partial charge in [0.2, 0.25) is 5.95 Å². The first kappa shape index (κ1) is 8.92. The topological polar surface area (TPSA) is 70.3 Å². The molecule has 0 aromatic carbocycles. The number of nitrogens with one attached hydrogen (secondary N) is 1. The summed E-state index contributed by atoms with van der Waals surface area (Å²) in [6.07, 6.45) is 3.44. The highest BCUT2D eigenvalue weighted by Gasteiger charge is 2.13. The Morgan fingerprint density at radius 1 is 1.21 bits per heavy atom. The average Bonchev–Trinajstić information content (AvgIpc) is 2.50. The minimum atomic E-state index is 0.590. The summed E-state index contributed by atoms with van der Waals surface area (Å²) in [5.41, 5.74) is 4.69. The number of nitrogens with zero attached hydrogens (tertiary/aromatic N) is 4. The minimum Gasteiger partial charge on any atom is -0.232 e. The van der Waals surface area contributed by atoms with Crippen LogP contribution in [0.3, 0.4) is 0 Å². The van der Waals surface area contributed by atoms with E-state index in [4.69, 9.17) is 5.84 Å². The number of hydrogen-bond acceptors (Lipinski definition) is 6. The Morgan fingerprint density at radius 2 is 1.86 bits per heavy atom. The van der Waals surface area contributed by atoms with Crippen molar-refractivity contribution >= 4 is 5.95 Å². The van der Waals surface area contributed by atoms with Gasteiger partial charge < -0.3 is 0 Å². The van der Waals surface area contributed by atoms with Gasteiger partial charge in [0, 0.05) is 17.6 Å². The zero-order chi connectivity index (χ0) is 10.1. The number of rotatable bonds is 1. The second kappa shape index (κ2) is 3.24. The van der Waals surface area contributed by atoms with Crippen molar-refractivity contribution < 1.29 is 0 Å². The average molecular weight is 192 g/mol. The number of hydrogen-bond donors (Lipinski definition) is 2. The van der Waals surface area contributed by atoms with E-state index < -0.39 is 0 Å². The highest BCUT2D eigenvalue weighted by molar-refractivity contribution is 5.35. The second-order valence-electron chi connectivity index (χ2n) is 3.13. The Kier molecular flexibility index (Phi) is 2.06. The summed E-state index contributed by atoms with van der Waals surface area (Å²) < 4.78 is 0. The Hall–Kier alpha value is -1.66. The van der Waals surface area contributed by atoms with Gasteiger partial charge in [-0.3, -0.25) is 0 Å². The first-order valence-electron chi connectivity index (χ1n) is 4.25. The van der Waals surface area contributed by atoms with Crippen molar-refractivity contribution in [2.45, 2.75) is 13.8 Å². The van der Waals surface area contributed by atoms with Gasteiger partial charge in [-0.05, 0) is 19.9 Å². The molecule has 2 rings (SSSR count). The Balaban J connectivity index is 2.28. The lowest BCUT2D eigenvalue weighted by atomic mass is 10.4. The number of aryl methyl sites for hydroxylation is 2. The van der Waals surface area contributed by atoms with Crippen LogP contribution < -0.4 is 16.4 Å². The van der Waals surface area contributed by atoms with Crippen LogP contribution in [-0.2, 0) is 0 Å². The maximum absolute atomic E-state index is 5.48. The molecule has 6 heteroatoms. The Labute approximate surface area is 82.0 Å². The van der Waals surface area contributed by atoms with Crippen LogP contribution in [0.25, 0.3) is 0 Å². The SMILES string of the molecule is Cc1cc(C)nc(N2C=CN(N)N2)n1. The Bertz CT molecular complexity index is 354.